The van der Waals surface area contributed by atoms with Crippen LogP contribution < -0.4 is 5.32 Å². The third kappa shape index (κ3) is 3.96. The largest absolute Gasteiger partial charge is 0.351 e. The average Bonchev–Trinajstić information content (AvgIpc) is 3.27. The van der Waals surface area contributed by atoms with Crippen LogP contribution in [0.4, 0.5) is 4.39 Å². The number of nitrogens with zero attached hydrogens (tertiary/aromatic N) is 5. The highest BCUT2D eigenvalue weighted by molar-refractivity contribution is 5.80. The summed E-state index contributed by atoms with van der Waals surface area (Å²) < 4.78 is 13.0. The highest BCUT2D eigenvalue weighted by Gasteiger charge is 2.37. The van der Waals surface area contributed by atoms with Crippen molar-refractivity contribution in [1.29, 1.82) is 0 Å². The van der Waals surface area contributed by atoms with Crippen molar-refractivity contribution in [3.05, 3.63) is 30.1 Å². The van der Waals surface area contributed by atoms with E-state index >= 15 is 0 Å². The van der Waals surface area contributed by atoms with Crippen molar-refractivity contribution in [3.8, 4) is 11.4 Å². The van der Waals surface area contributed by atoms with Crippen LogP contribution in [0.15, 0.2) is 24.3 Å². The zero-order valence-corrected chi connectivity index (χ0v) is 14.8. The molecule has 27 heavy (non-hydrogen) atoms. The fourth-order valence-electron chi connectivity index (χ4n) is 3.72. The van der Waals surface area contributed by atoms with Gasteiger partial charge in [-0.2, -0.15) is 4.80 Å². The number of aryl methyl sites for hydroxylation is 1. The molecule has 0 unspecified atom stereocenters. The topological polar surface area (TPSA) is 93.0 Å². The fourth-order valence-corrected chi connectivity index (χ4v) is 3.72. The van der Waals surface area contributed by atoms with E-state index in [1.54, 1.807) is 12.1 Å². The highest BCUT2D eigenvalue weighted by atomic mass is 19.1. The van der Waals surface area contributed by atoms with E-state index in [0.717, 1.165) is 6.42 Å². The molecule has 0 bridgehead atoms. The summed E-state index contributed by atoms with van der Waals surface area (Å²) in [5.41, 5.74) is 0.695. The maximum absolute atomic E-state index is 13.0. The molecule has 1 N–H and O–H groups in total. The van der Waals surface area contributed by atoms with E-state index in [1.807, 2.05) is 4.90 Å². The van der Waals surface area contributed by atoms with Crippen molar-refractivity contribution in [2.24, 2.45) is 5.92 Å². The molecular weight excluding hydrogens is 351 g/mol. The quantitative estimate of drug-likeness (QED) is 0.845. The van der Waals surface area contributed by atoms with E-state index < -0.39 is 0 Å². The molecule has 2 aliphatic rings. The molecule has 0 saturated carbocycles. The Balaban J connectivity index is 1.26. The number of aromatic nitrogens is 4. The summed E-state index contributed by atoms with van der Waals surface area (Å²) in [4.78, 5) is 27.2. The van der Waals surface area contributed by atoms with Gasteiger partial charge in [0.05, 0.1) is 6.54 Å². The van der Waals surface area contributed by atoms with E-state index in [1.165, 1.54) is 16.9 Å². The van der Waals surface area contributed by atoms with Crippen molar-refractivity contribution >= 4 is 11.8 Å². The Kier molecular flexibility index (Phi) is 4.83. The predicted octanol–water partition coefficient (Wildman–Crippen LogP) is 0.996. The maximum Gasteiger partial charge on any atom is 0.222 e. The number of nitrogens with one attached hydrogen (secondary N) is 1. The molecule has 0 radical (unpaired) electrons. The Morgan fingerprint density at radius 2 is 2.11 bits per heavy atom. The number of likely N-dealkylation sites (tertiary alicyclic amines) is 1. The van der Waals surface area contributed by atoms with Crippen LogP contribution in [0.5, 0.6) is 0 Å². The van der Waals surface area contributed by atoms with E-state index in [4.69, 9.17) is 0 Å². The molecular formula is C18H21FN6O2. The van der Waals surface area contributed by atoms with Gasteiger partial charge >= 0.3 is 0 Å². The second kappa shape index (κ2) is 7.42. The van der Waals surface area contributed by atoms with E-state index in [9.17, 15) is 14.0 Å². The van der Waals surface area contributed by atoms with Gasteiger partial charge in [0.2, 0.25) is 17.6 Å². The lowest BCUT2D eigenvalue weighted by atomic mass is 9.92. The molecule has 2 saturated heterocycles. The number of hydrogen-bond acceptors (Lipinski definition) is 5. The minimum Gasteiger partial charge on any atom is -0.351 e. The van der Waals surface area contributed by atoms with Crippen molar-refractivity contribution in [3.63, 3.8) is 0 Å². The average molecular weight is 372 g/mol. The Labute approximate surface area is 155 Å². The summed E-state index contributed by atoms with van der Waals surface area (Å²) in [6.45, 7) is 1.80. The van der Waals surface area contributed by atoms with Crippen LogP contribution in [0, 0.1) is 11.7 Å². The number of amides is 2. The van der Waals surface area contributed by atoms with Crippen LogP contribution in [-0.4, -0.2) is 56.1 Å². The van der Waals surface area contributed by atoms with Gasteiger partial charge in [0, 0.05) is 37.5 Å². The van der Waals surface area contributed by atoms with Gasteiger partial charge in [-0.25, -0.2) is 4.39 Å². The summed E-state index contributed by atoms with van der Waals surface area (Å²) in [5, 5.41) is 15.2. The molecule has 2 aliphatic heterocycles. The number of carbonyl (C=O) groups is 2. The van der Waals surface area contributed by atoms with E-state index in [0.29, 0.717) is 56.2 Å². The summed E-state index contributed by atoms with van der Waals surface area (Å²) in [6.07, 6.45) is 2.47. The Hall–Kier alpha value is -2.84. The minimum absolute atomic E-state index is 0.0912. The van der Waals surface area contributed by atoms with Crippen molar-refractivity contribution in [2.45, 2.75) is 38.3 Å². The van der Waals surface area contributed by atoms with Gasteiger partial charge in [-0.3, -0.25) is 9.59 Å². The van der Waals surface area contributed by atoms with Crippen molar-refractivity contribution in [1.82, 2.24) is 30.4 Å². The third-order valence-electron chi connectivity index (χ3n) is 5.21. The van der Waals surface area contributed by atoms with Crippen LogP contribution in [0.25, 0.3) is 11.4 Å². The second-order valence-electron chi connectivity index (χ2n) is 7.09. The van der Waals surface area contributed by atoms with Crippen LogP contribution in [0.3, 0.4) is 0 Å². The van der Waals surface area contributed by atoms with Gasteiger partial charge in [0.15, 0.2) is 0 Å². The first-order valence-electron chi connectivity index (χ1n) is 9.19. The van der Waals surface area contributed by atoms with Gasteiger partial charge in [-0.15, -0.1) is 10.2 Å². The molecule has 2 amide bonds. The molecule has 1 aromatic carbocycles. The number of tetrazole rings is 1. The zero-order chi connectivity index (χ0) is 18.8. The Bertz CT molecular complexity index is 837. The lowest BCUT2D eigenvalue weighted by Crippen LogP contribution is -2.49. The Morgan fingerprint density at radius 1 is 1.30 bits per heavy atom. The number of halogens is 1. The van der Waals surface area contributed by atoms with Gasteiger partial charge < -0.3 is 10.2 Å². The first kappa shape index (κ1) is 17.6. The number of benzene rings is 1. The summed E-state index contributed by atoms with van der Waals surface area (Å²) in [6, 6.07) is 6.01. The summed E-state index contributed by atoms with van der Waals surface area (Å²) >= 11 is 0. The molecule has 2 aromatic rings. The van der Waals surface area contributed by atoms with E-state index in [2.05, 4.69) is 20.7 Å². The molecule has 142 valence electrons. The molecule has 3 heterocycles. The van der Waals surface area contributed by atoms with Crippen LogP contribution in [-0.2, 0) is 16.1 Å². The number of hydrogen-bond donors (Lipinski definition) is 1. The summed E-state index contributed by atoms with van der Waals surface area (Å²) in [5.74, 6) is 0.666. The van der Waals surface area contributed by atoms with Gasteiger partial charge in [0.25, 0.3) is 0 Å². The highest BCUT2D eigenvalue weighted by Crippen LogP contribution is 2.26. The fraction of sp³-hybridized carbons (Fsp3) is 0.500. The predicted molar refractivity (Wildman–Crippen MR) is 93.7 cm³/mol. The SMILES string of the molecule is O=C1C[C@H]2CCN(C(=O)CCCn3nnc(-c4ccc(F)cc4)n3)C[C@H]2N1. The molecule has 8 nitrogen and oxygen atoms in total. The lowest BCUT2D eigenvalue weighted by molar-refractivity contribution is -0.133. The third-order valence-corrected chi connectivity index (χ3v) is 5.21. The molecule has 4 rings (SSSR count). The number of rotatable bonds is 5. The minimum atomic E-state index is -0.314. The number of carbonyl (C=O) groups excluding carboxylic acids is 2. The van der Waals surface area contributed by atoms with Crippen LogP contribution in [0.1, 0.15) is 25.7 Å². The first-order chi connectivity index (χ1) is 13.1. The normalized spacial score (nSPS) is 21.8. The molecule has 2 fully saturated rings. The second-order valence-corrected chi connectivity index (χ2v) is 7.09. The smallest absolute Gasteiger partial charge is 0.222 e. The van der Waals surface area contributed by atoms with Crippen LogP contribution >= 0.6 is 0 Å². The monoisotopic (exact) mass is 372 g/mol. The molecule has 9 heteroatoms. The van der Waals surface area contributed by atoms with Crippen molar-refractivity contribution < 1.29 is 14.0 Å². The van der Waals surface area contributed by atoms with Gasteiger partial charge in [-0.05, 0) is 48.2 Å². The van der Waals surface area contributed by atoms with Crippen LogP contribution in [0.2, 0.25) is 0 Å². The zero-order valence-electron chi connectivity index (χ0n) is 14.8. The summed E-state index contributed by atoms with van der Waals surface area (Å²) in [7, 11) is 0. The number of fused-ring (bicyclic) bond motifs is 1. The molecule has 1 aromatic heterocycles. The maximum atomic E-state index is 13.0. The first-order valence-corrected chi connectivity index (χ1v) is 9.19. The Morgan fingerprint density at radius 3 is 2.93 bits per heavy atom. The van der Waals surface area contributed by atoms with Gasteiger partial charge in [-0.1, -0.05) is 0 Å². The van der Waals surface area contributed by atoms with Gasteiger partial charge in [0.1, 0.15) is 5.82 Å². The lowest BCUT2D eigenvalue weighted by Gasteiger charge is -2.34. The molecule has 2 atom stereocenters. The molecule has 0 aliphatic carbocycles. The standard InChI is InChI=1S/C18H21FN6O2/c19-14-5-3-12(4-6-14)18-21-23-25(22-18)8-1-2-17(27)24-9-7-13-10-16(26)20-15(13)11-24/h3-6,13,15H,1-2,7-11H2,(H,20,26)/t13-,15-/m1/s1. The van der Waals surface area contributed by atoms with E-state index in [-0.39, 0.29) is 23.7 Å². The number of piperidine rings is 1. The van der Waals surface area contributed by atoms with Crippen molar-refractivity contribution in [2.75, 3.05) is 13.1 Å². The molecule has 0 spiro atoms.